The van der Waals surface area contributed by atoms with Crippen LogP contribution in [0, 0.1) is 0 Å². The molecule has 0 bridgehead atoms. The average Bonchev–Trinajstić information content (AvgIpc) is 3.09. The molecule has 0 rings (SSSR count). The van der Waals surface area contributed by atoms with Crippen LogP contribution in [-0.2, 0) is 32.7 Å². The molecule has 0 saturated carbocycles. The summed E-state index contributed by atoms with van der Waals surface area (Å²) in [5.74, 6) is -0.827. The fourth-order valence-electron chi connectivity index (χ4n) is 5.26. The first-order chi connectivity index (χ1) is 25.0. The van der Waals surface area contributed by atoms with Gasteiger partial charge in [0.05, 0.1) is 27.7 Å². The topological polar surface area (TPSA) is 108 Å². The Kier molecular flexibility index (Phi) is 33.4. The predicted molar refractivity (Wildman–Crippen MR) is 215 cm³/mol. The van der Waals surface area contributed by atoms with E-state index < -0.39 is 32.5 Å². The van der Waals surface area contributed by atoms with Crippen LogP contribution in [0.15, 0.2) is 48.6 Å². The molecule has 2 atom stereocenters. The molecule has 0 aliphatic carbocycles. The van der Waals surface area contributed by atoms with Gasteiger partial charge in [-0.05, 0) is 32.1 Å². The second kappa shape index (κ2) is 34.7. The van der Waals surface area contributed by atoms with E-state index in [4.69, 9.17) is 18.5 Å². The van der Waals surface area contributed by atoms with Crippen molar-refractivity contribution in [1.29, 1.82) is 0 Å². The van der Waals surface area contributed by atoms with Gasteiger partial charge < -0.3 is 18.9 Å². The summed E-state index contributed by atoms with van der Waals surface area (Å²) >= 11 is 0. The van der Waals surface area contributed by atoms with Crippen molar-refractivity contribution < 1.29 is 42.1 Å². The van der Waals surface area contributed by atoms with Crippen molar-refractivity contribution in [1.82, 2.24) is 0 Å². The minimum atomic E-state index is -4.37. The van der Waals surface area contributed by atoms with Gasteiger partial charge in [-0.15, -0.1) is 0 Å². The largest absolute Gasteiger partial charge is 0.472 e. The van der Waals surface area contributed by atoms with E-state index in [2.05, 4.69) is 32.1 Å². The number of phosphoric acid groups is 1. The minimum Gasteiger partial charge on any atom is -0.462 e. The van der Waals surface area contributed by atoms with E-state index in [9.17, 15) is 19.0 Å². The third kappa shape index (κ3) is 37.7. The first-order valence-electron chi connectivity index (χ1n) is 20.4. The molecule has 1 N–H and O–H groups in total. The Morgan fingerprint density at radius 3 is 1.63 bits per heavy atom. The van der Waals surface area contributed by atoms with Crippen molar-refractivity contribution in [3.63, 3.8) is 0 Å². The highest BCUT2D eigenvalue weighted by Gasteiger charge is 2.27. The van der Waals surface area contributed by atoms with Crippen LogP contribution in [0.5, 0.6) is 0 Å². The first-order valence-corrected chi connectivity index (χ1v) is 21.9. The zero-order valence-corrected chi connectivity index (χ0v) is 34.7. The molecule has 0 aromatic carbocycles. The number of ether oxygens (including phenoxy) is 2. The highest BCUT2D eigenvalue weighted by atomic mass is 31.2. The number of quaternary nitrogens is 1. The molecule has 0 aliphatic heterocycles. The Morgan fingerprint density at radius 2 is 1.10 bits per heavy atom. The summed E-state index contributed by atoms with van der Waals surface area (Å²) in [5.41, 5.74) is 0. The van der Waals surface area contributed by atoms with Crippen molar-refractivity contribution >= 4 is 19.8 Å². The standard InChI is InChI=1S/C42H76NO8P/c1-6-8-10-12-14-16-18-20-21-23-24-26-28-30-32-34-41(44)48-38-40(39-50-52(46,47)49-37-36-43(3,4)5)51-42(45)35-33-31-29-27-25-22-19-17-15-13-11-9-7-2/h8,10,12,14,16,18,20-21,40H,6-7,9,11,13,15,17,19,22-39H2,1-5H3/p+1/b10-8+,14-12+,18-16+,21-20+/t40-/m1/s1. The van der Waals surface area contributed by atoms with Crippen LogP contribution in [0.25, 0.3) is 0 Å². The number of allylic oxidation sites excluding steroid dienone is 8. The van der Waals surface area contributed by atoms with Gasteiger partial charge in [0, 0.05) is 12.8 Å². The van der Waals surface area contributed by atoms with Crippen LogP contribution in [-0.4, -0.2) is 74.9 Å². The van der Waals surface area contributed by atoms with Crippen LogP contribution in [0.1, 0.15) is 155 Å². The summed E-state index contributed by atoms with van der Waals surface area (Å²) < 4.78 is 34.2. The summed E-state index contributed by atoms with van der Waals surface area (Å²) in [5, 5.41) is 0. The SMILES string of the molecule is CC/C=C/C=C/C=C/C=C/CCCCCCCC(=O)OC[C@H](COP(=O)(O)OCC[N+](C)(C)C)OC(=O)CCCCCCCCCCCCCCC. The molecule has 10 heteroatoms. The van der Waals surface area contributed by atoms with Gasteiger partial charge in [0.15, 0.2) is 6.10 Å². The second-order valence-electron chi connectivity index (χ2n) is 14.7. The molecule has 0 aliphatic rings. The molecular weight excluding hydrogens is 677 g/mol. The lowest BCUT2D eigenvalue weighted by Crippen LogP contribution is -2.37. The van der Waals surface area contributed by atoms with Crippen molar-refractivity contribution in [2.75, 3.05) is 47.5 Å². The molecule has 0 fully saturated rings. The van der Waals surface area contributed by atoms with Gasteiger partial charge in [0.1, 0.15) is 19.8 Å². The number of esters is 2. The first kappa shape index (κ1) is 50.0. The molecule has 0 aromatic rings. The monoisotopic (exact) mass is 755 g/mol. The second-order valence-corrected chi connectivity index (χ2v) is 16.2. The molecular formula is C42H77NO8P+. The molecule has 0 radical (unpaired) electrons. The number of phosphoric ester groups is 1. The van der Waals surface area contributed by atoms with Crippen molar-refractivity contribution in [2.24, 2.45) is 0 Å². The van der Waals surface area contributed by atoms with E-state index in [1.165, 1.54) is 64.2 Å². The van der Waals surface area contributed by atoms with Gasteiger partial charge in [-0.1, -0.05) is 159 Å². The molecule has 302 valence electrons. The molecule has 1 unspecified atom stereocenters. The maximum absolute atomic E-state index is 12.6. The maximum atomic E-state index is 12.6. The molecule has 0 saturated heterocycles. The lowest BCUT2D eigenvalue weighted by atomic mass is 10.0. The summed E-state index contributed by atoms with van der Waals surface area (Å²) in [6, 6.07) is 0. The van der Waals surface area contributed by atoms with Crippen LogP contribution in [0.3, 0.4) is 0 Å². The smallest absolute Gasteiger partial charge is 0.462 e. The molecule has 9 nitrogen and oxygen atoms in total. The number of carbonyl (C=O) groups excluding carboxylic acids is 2. The summed E-state index contributed by atoms with van der Waals surface area (Å²) in [6.45, 7) is 4.24. The maximum Gasteiger partial charge on any atom is 0.472 e. The Morgan fingerprint density at radius 1 is 0.615 bits per heavy atom. The highest BCUT2D eigenvalue weighted by molar-refractivity contribution is 7.47. The molecule has 0 aromatic heterocycles. The summed E-state index contributed by atoms with van der Waals surface area (Å²) in [7, 11) is 1.46. The van der Waals surface area contributed by atoms with Gasteiger partial charge in [-0.2, -0.15) is 0 Å². The highest BCUT2D eigenvalue weighted by Crippen LogP contribution is 2.43. The molecule has 0 amide bonds. The number of carbonyl (C=O) groups is 2. The lowest BCUT2D eigenvalue weighted by Gasteiger charge is -2.24. The minimum absolute atomic E-state index is 0.0268. The van der Waals surface area contributed by atoms with E-state index in [1.54, 1.807) is 0 Å². The quantitative estimate of drug-likeness (QED) is 0.0221. The van der Waals surface area contributed by atoms with Gasteiger partial charge in [-0.3, -0.25) is 18.6 Å². The predicted octanol–water partition coefficient (Wildman–Crippen LogP) is 11.1. The summed E-state index contributed by atoms with van der Waals surface area (Å²) in [4.78, 5) is 35.2. The van der Waals surface area contributed by atoms with Crippen molar-refractivity contribution in [2.45, 2.75) is 161 Å². The van der Waals surface area contributed by atoms with Gasteiger partial charge in [0.25, 0.3) is 0 Å². The zero-order chi connectivity index (χ0) is 38.6. The average molecular weight is 755 g/mol. The number of unbranched alkanes of at least 4 members (excludes halogenated alkanes) is 17. The Balaban J connectivity index is 4.44. The zero-order valence-electron chi connectivity index (χ0n) is 33.8. The normalized spacial score (nSPS) is 14.2. The van der Waals surface area contributed by atoms with E-state index >= 15 is 0 Å². The van der Waals surface area contributed by atoms with E-state index in [1.807, 2.05) is 51.5 Å². The molecule has 0 spiro atoms. The number of rotatable bonds is 36. The van der Waals surface area contributed by atoms with Crippen molar-refractivity contribution in [3.05, 3.63) is 48.6 Å². The van der Waals surface area contributed by atoms with Crippen LogP contribution >= 0.6 is 7.82 Å². The van der Waals surface area contributed by atoms with E-state index in [0.717, 1.165) is 51.4 Å². The van der Waals surface area contributed by atoms with Crippen LogP contribution in [0.2, 0.25) is 0 Å². The van der Waals surface area contributed by atoms with Gasteiger partial charge >= 0.3 is 19.8 Å². The third-order valence-corrected chi connectivity index (χ3v) is 9.45. The molecule has 52 heavy (non-hydrogen) atoms. The van der Waals surface area contributed by atoms with E-state index in [-0.39, 0.29) is 26.1 Å². The third-order valence-electron chi connectivity index (χ3n) is 8.47. The fourth-order valence-corrected chi connectivity index (χ4v) is 6.00. The Labute approximate surface area is 318 Å². The van der Waals surface area contributed by atoms with Crippen molar-refractivity contribution in [3.8, 4) is 0 Å². The fraction of sp³-hybridized carbons (Fsp3) is 0.762. The van der Waals surface area contributed by atoms with Gasteiger partial charge in [-0.25, -0.2) is 4.57 Å². The van der Waals surface area contributed by atoms with Gasteiger partial charge in [0.2, 0.25) is 0 Å². The van der Waals surface area contributed by atoms with Crippen LogP contribution in [0.4, 0.5) is 0 Å². The number of hydrogen-bond donors (Lipinski definition) is 1. The van der Waals surface area contributed by atoms with Crippen LogP contribution < -0.4 is 0 Å². The molecule has 0 heterocycles. The summed E-state index contributed by atoms with van der Waals surface area (Å²) in [6.07, 6.45) is 38.7. The van der Waals surface area contributed by atoms with E-state index in [0.29, 0.717) is 23.9 Å². The Bertz CT molecular complexity index is 1030. The lowest BCUT2D eigenvalue weighted by molar-refractivity contribution is -0.870. The number of likely N-dealkylation sites (N-methyl/N-ethyl adjacent to an activating group) is 1. The number of nitrogens with zero attached hydrogens (tertiary/aromatic N) is 1. The Hall–Kier alpha value is -2.03. The number of hydrogen-bond acceptors (Lipinski definition) is 7.